The summed E-state index contributed by atoms with van der Waals surface area (Å²) in [5, 5.41) is -1.89. The molecule has 0 aromatic heterocycles. The molecular weight excluding hydrogens is 247 g/mol. The molecule has 4 nitrogen and oxygen atoms in total. The van der Waals surface area contributed by atoms with Crippen molar-refractivity contribution < 1.29 is 27.5 Å². The van der Waals surface area contributed by atoms with Crippen LogP contribution < -0.4 is 0 Å². The third kappa shape index (κ3) is 6.47. The van der Waals surface area contributed by atoms with Crippen LogP contribution in [0, 0.1) is 0 Å². The molecule has 0 heterocycles. The van der Waals surface area contributed by atoms with Gasteiger partial charge in [0.05, 0.1) is 18.9 Å². The average molecular weight is 257 g/mol. The van der Waals surface area contributed by atoms with Crippen molar-refractivity contribution >= 4 is 23.8 Å². The normalized spacial score (nSPS) is 12.8. The Morgan fingerprint density at radius 2 is 2.19 bits per heavy atom. The van der Waals surface area contributed by atoms with Gasteiger partial charge in [0, 0.05) is 0 Å². The van der Waals surface area contributed by atoms with E-state index in [0.29, 0.717) is 11.8 Å². The fourth-order valence-corrected chi connectivity index (χ4v) is 1.53. The monoisotopic (exact) mass is 257 g/mol. The lowest BCUT2D eigenvalue weighted by Gasteiger charge is -2.16. The summed E-state index contributed by atoms with van der Waals surface area (Å²) in [7, 11) is 0. The summed E-state index contributed by atoms with van der Waals surface area (Å²) in [6, 6.07) is 0. The number of carbonyl (C=O) groups is 1. The number of esters is 1. The molecule has 0 aromatic rings. The highest BCUT2D eigenvalue weighted by atomic mass is 32.2. The second kappa shape index (κ2) is 7.29. The zero-order valence-electron chi connectivity index (χ0n) is 8.41. The number of aliphatic imine (C=N–C) groups is 1. The van der Waals surface area contributed by atoms with Gasteiger partial charge in [-0.15, -0.1) is 11.8 Å². The van der Waals surface area contributed by atoms with Gasteiger partial charge in [-0.2, -0.15) is 13.2 Å². The van der Waals surface area contributed by atoms with Gasteiger partial charge in [-0.1, -0.05) is 0 Å². The SMILES string of the molecule is CCOC(=O)CSC(CN=C=O)C(F)(F)F. The summed E-state index contributed by atoms with van der Waals surface area (Å²) in [5.74, 6) is -1.15. The van der Waals surface area contributed by atoms with Crippen LogP contribution in [0.1, 0.15) is 6.92 Å². The number of hydrogen-bond donors (Lipinski definition) is 0. The van der Waals surface area contributed by atoms with E-state index in [4.69, 9.17) is 0 Å². The van der Waals surface area contributed by atoms with E-state index in [1.165, 1.54) is 0 Å². The molecule has 0 saturated heterocycles. The summed E-state index contributed by atoms with van der Waals surface area (Å²) < 4.78 is 41.4. The Hall–Kier alpha value is -1.01. The lowest BCUT2D eigenvalue weighted by molar-refractivity contribution is -0.139. The van der Waals surface area contributed by atoms with Crippen LogP contribution in [0.4, 0.5) is 13.2 Å². The molecule has 1 unspecified atom stereocenters. The molecule has 0 fully saturated rings. The Morgan fingerprint density at radius 1 is 1.56 bits per heavy atom. The molecule has 0 saturated carbocycles. The van der Waals surface area contributed by atoms with Crippen LogP contribution in [-0.2, 0) is 14.3 Å². The third-order valence-electron chi connectivity index (χ3n) is 1.39. The van der Waals surface area contributed by atoms with Gasteiger partial charge in [-0.25, -0.2) is 9.79 Å². The molecule has 0 spiro atoms. The minimum absolute atomic E-state index is 0.114. The zero-order valence-corrected chi connectivity index (χ0v) is 9.23. The number of carbonyl (C=O) groups excluding carboxylic acids is 2. The van der Waals surface area contributed by atoms with Crippen molar-refractivity contribution in [2.45, 2.75) is 18.3 Å². The largest absolute Gasteiger partial charge is 0.465 e. The predicted octanol–water partition coefficient (Wildman–Crippen LogP) is 1.55. The number of thioether (sulfide) groups is 1. The van der Waals surface area contributed by atoms with Crippen LogP contribution in [0.3, 0.4) is 0 Å². The lowest BCUT2D eigenvalue weighted by Crippen LogP contribution is -2.30. The molecule has 0 rings (SSSR count). The Labute approximate surface area is 94.2 Å². The van der Waals surface area contributed by atoms with E-state index in [1.54, 1.807) is 6.92 Å². The lowest BCUT2D eigenvalue weighted by atomic mass is 10.4. The van der Waals surface area contributed by atoms with E-state index in [9.17, 15) is 22.8 Å². The first-order valence-electron chi connectivity index (χ1n) is 4.29. The Morgan fingerprint density at radius 3 is 2.62 bits per heavy atom. The van der Waals surface area contributed by atoms with Crippen LogP contribution in [0.25, 0.3) is 0 Å². The van der Waals surface area contributed by atoms with Gasteiger partial charge in [-0.05, 0) is 6.92 Å². The molecule has 0 bridgehead atoms. The van der Waals surface area contributed by atoms with Crippen molar-refractivity contribution in [1.29, 1.82) is 0 Å². The highest BCUT2D eigenvalue weighted by Gasteiger charge is 2.40. The van der Waals surface area contributed by atoms with E-state index < -0.39 is 29.7 Å². The number of alkyl halides is 3. The van der Waals surface area contributed by atoms with Gasteiger partial charge in [0.15, 0.2) is 0 Å². The van der Waals surface area contributed by atoms with Crippen molar-refractivity contribution in [3.05, 3.63) is 0 Å². The molecule has 0 aliphatic rings. The van der Waals surface area contributed by atoms with Crippen molar-refractivity contribution in [2.75, 3.05) is 18.9 Å². The van der Waals surface area contributed by atoms with E-state index in [-0.39, 0.29) is 6.61 Å². The standard InChI is InChI=1S/C8H10F3NO3S/c1-2-15-7(14)4-16-6(3-12-5-13)8(9,10)11/h6H,2-4H2,1H3. The molecule has 0 aliphatic carbocycles. The maximum atomic E-state index is 12.3. The van der Waals surface area contributed by atoms with Crippen molar-refractivity contribution in [1.82, 2.24) is 0 Å². The summed E-state index contributed by atoms with van der Waals surface area (Å²) in [5.41, 5.74) is 0. The number of ether oxygens (including phenoxy) is 1. The summed E-state index contributed by atoms with van der Waals surface area (Å²) in [4.78, 5) is 23.4. The molecule has 16 heavy (non-hydrogen) atoms. The van der Waals surface area contributed by atoms with Crippen LogP contribution in [-0.4, -0.2) is 42.4 Å². The van der Waals surface area contributed by atoms with Gasteiger partial charge in [0.2, 0.25) is 6.08 Å². The molecule has 0 aromatic carbocycles. The summed E-state index contributed by atoms with van der Waals surface area (Å²) >= 11 is 0.344. The number of hydrogen-bond acceptors (Lipinski definition) is 5. The smallest absolute Gasteiger partial charge is 0.402 e. The Bertz CT molecular complexity index is 276. The number of isocyanates is 1. The molecule has 0 aliphatic heterocycles. The topological polar surface area (TPSA) is 55.7 Å². The molecular formula is C8H10F3NO3S. The fraction of sp³-hybridized carbons (Fsp3) is 0.750. The third-order valence-corrected chi connectivity index (χ3v) is 2.62. The van der Waals surface area contributed by atoms with Gasteiger partial charge in [-0.3, -0.25) is 4.79 Å². The second-order valence-corrected chi connectivity index (χ2v) is 3.77. The first-order chi connectivity index (χ1) is 7.41. The zero-order chi connectivity index (χ0) is 12.6. The highest BCUT2D eigenvalue weighted by Crippen LogP contribution is 2.30. The summed E-state index contributed by atoms with van der Waals surface area (Å²) in [6.45, 7) is 0.931. The second-order valence-electron chi connectivity index (χ2n) is 2.58. The van der Waals surface area contributed by atoms with E-state index >= 15 is 0 Å². The van der Waals surface area contributed by atoms with Gasteiger partial charge < -0.3 is 4.74 Å². The molecule has 0 radical (unpaired) electrons. The number of halogens is 3. The van der Waals surface area contributed by atoms with Gasteiger partial charge in [0.25, 0.3) is 0 Å². The maximum absolute atomic E-state index is 12.3. The van der Waals surface area contributed by atoms with E-state index in [2.05, 4.69) is 9.73 Å². The molecule has 0 N–H and O–H groups in total. The predicted molar refractivity (Wildman–Crippen MR) is 51.9 cm³/mol. The first kappa shape index (κ1) is 15.0. The van der Waals surface area contributed by atoms with Crippen molar-refractivity contribution in [2.24, 2.45) is 4.99 Å². The van der Waals surface area contributed by atoms with Crippen LogP contribution in [0.2, 0.25) is 0 Å². The average Bonchev–Trinajstić information content (AvgIpc) is 2.16. The van der Waals surface area contributed by atoms with Crippen LogP contribution >= 0.6 is 11.8 Å². The maximum Gasteiger partial charge on any atom is 0.402 e. The number of nitrogens with zero attached hydrogens (tertiary/aromatic N) is 1. The fourth-order valence-electron chi connectivity index (χ4n) is 0.742. The molecule has 92 valence electrons. The van der Waals surface area contributed by atoms with Crippen LogP contribution in [0.15, 0.2) is 4.99 Å². The Balaban J connectivity index is 4.22. The minimum Gasteiger partial charge on any atom is -0.465 e. The molecule has 0 amide bonds. The van der Waals surface area contributed by atoms with Crippen molar-refractivity contribution in [3.63, 3.8) is 0 Å². The quantitative estimate of drug-likeness (QED) is 0.411. The van der Waals surface area contributed by atoms with Gasteiger partial charge >= 0.3 is 12.1 Å². The van der Waals surface area contributed by atoms with E-state index in [1.807, 2.05) is 0 Å². The molecule has 1 atom stereocenters. The first-order valence-corrected chi connectivity index (χ1v) is 5.34. The van der Waals surface area contributed by atoms with E-state index in [0.717, 1.165) is 6.08 Å². The van der Waals surface area contributed by atoms with Crippen LogP contribution in [0.5, 0.6) is 0 Å². The summed E-state index contributed by atoms with van der Waals surface area (Å²) in [6.07, 6.45) is -3.49. The highest BCUT2D eigenvalue weighted by molar-refractivity contribution is 8.00. The van der Waals surface area contributed by atoms with Gasteiger partial charge in [0.1, 0.15) is 5.25 Å². The Kier molecular flexibility index (Phi) is 6.83. The number of rotatable bonds is 6. The minimum atomic E-state index is -4.52. The van der Waals surface area contributed by atoms with Crippen molar-refractivity contribution in [3.8, 4) is 0 Å². The molecule has 8 heteroatoms.